The van der Waals surface area contributed by atoms with Gasteiger partial charge in [-0.05, 0) is 62.3 Å². The van der Waals surface area contributed by atoms with Gasteiger partial charge in [-0.1, -0.05) is 15.9 Å². The van der Waals surface area contributed by atoms with Crippen LogP contribution in [-0.2, 0) is 15.9 Å². The van der Waals surface area contributed by atoms with Crippen molar-refractivity contribution in [2.45, 2.75) is 50.2 Å². The summed E-state index contributed by atoms with van der Waals surface area (Å²) < 4.78 is 20.1. The number of hydrogen-bond donors (Lipinski definition) is 0. The van der Waals surface area contributed by atoms with E-state index in [1.807, 2.05) is 32.9 Å². The largest absolute Gasteiger partial charge is 0.612 e. The number of fused-ring (bicyclic) bond motifs is 1. The number of pyridine rings is 1. The Labute approximate surface area is 176 Å². The third-order valence-electron chi connectivity index (χ3n) is 4.78. The minimum absolute atomic E-state index is 0.00243. The van der Waals surface area contributed by atoms with Gasteiger partial charge in [0.05, 0.1) is 0 Å². The summed E-state index contributed by atoms with van der Waals surface area (Å²) in [4.78, 5) is 27.7. The van der Waals surface area contributed by atoms with E-state index < -0.39 is 16.8 Å². The SMILES string of the molecule is C[S+]([O-])c1cc(Br)cc2ccn(C3CCN(C(=O)OC(C)(C)C)CC3)c(=O)c12. The molecule has 0 N–H and O–H groups in total. The highest BCUT2D eigenvalue weighted by molar-refractivity contribution is 9.10. The molecule has 1 aromatic heterocycles. The molecule has 6 nitrogen and oxygen atoms in total. The zero-order valence-electron chi connectivity index (χ0n) is 16.5. The normalized spacial score (nSPS) is 17.0. The zero-order valence-corrected chi connectivity index (χ0v) is 18.9. The molecule has 0 bridgehead atoms. The second-order valence-corrected chi connectivity index (χ2v) is 10.3. The van der Waals surface area contributed by atoms with Gasteiger partial charge >= 0.3 is 6.09 Å². The number of nitrogens with zero attached hydrogens (tertiary/aromatic N) is 2. The first-order chi connectivity index (χ1) is 13.1. The van der Waals surface area contributed by atoms with Crippen LogP contribution in [-0.4, -0.2) is 45.1 Å². The number of aromatic nitrogens is 1. The van der Waals surface area contributed by atoms with Crippen LogP contribution in [0.3, 0.4) is 0 Å². The van der Waals surface area contributed by atoms with Crippen LogP contribution in [0.15, 0.2) is 38.6 Å². The molecule has 2 heterocycles. The molecule has 2 aromatic rings. The van der Waals surface area contributed by atoms with E-state index in [4.69, 9.17) is 4.74 Å². The molecule has 1 aliphatic heterocycles. The molecular weight excluding hydrogens is 444 g/mol. The monoisotopic (exact) mass is 468 g/mol. The Balaban J connectivity index is 1.85. The Morgan fingerprint density at radius 2 is 1.93 bits per heavy atom. The fourth-order valence-corrected chi connectivity index (χ4v) is 4.90. The van der Waals surface area contributed by atoms with Crippen molar-refractivity contribution in [3.8, 4) is 0 Å². The predicted molar refractivity (Wildman–Crippen MR) is 114 cm³/mol. The first-order valence-corrected chi connectivity index (χ1v) is 11.6. The molecule has 0 spiro atoms. The molecule has 1 saturated heterocycles. The molecule has 1 fully saturated rings. The van der Waals surface area contributed by atoms with E-state index in [1.54, 1.807) is 28.0 Å². The van der Waals surface area contributed by atoms with Crippen LogP contribution in [0.4, 0.5) is 4.79 Å². The number of hydrogen-bond acceptors (Lipinski definition) is 4. The lowest BCUT2D eigenvalue weighted by Gasteiger charge is -2.34. The second kappa shape index (κ2) is 8.08. The van der Waals surface area contributed by atoms with Gasteiger partial charge in [0.25, 0.3) is 5.56 Å². The lowest BCUT2D eigenvalue weighted by Crippen LogP contribution is -2.43. The lowest BCUT2D eigenvalue weighted by atomic mass is 10.0. The number of benzene rings is 1. The van der Waals surface area contributed by atoms with E-state index >= 15 is 0 Å². The van der Waals surface area contributed by atoms with Gasteiger partial charge in [0.1, 0.15) is 17.2 Å². The fourth-order valence-electron chi connectivity index (χ4n) is 3.49. The minimum atomic E-state index is -1.27. The van der Waals surface area contributed by atoms with Crippen LogP contribution in [0, 0.1) is 0 Å². The standard InChI is InChI=1S/C20H25BrN2O4S/c1-20(2,3)27-19(25)22-8-6-15(7-9-22)23-10-5-13-11-14(21)12-16(28(4)26)17(13)18(23)24/h5,10-12,15H,6-9H2,1-4H3. The van der Waals surface area contributed by atoms with Crippen LogP contribution < -0.4 is 5.56 Å². The average Bonchev–Trinajstić information content (AvgIpc) is 2.60. The summed E-state index contributed by atoms with van der Waals surface area (Å²) in [6, 6.07) is 5.49. The van der Waals surface area contributed by atoms with Gasteiger partial charge in [-0.2, -0.15) is 0 Å². The number of piperidine rings is 1. The van der Waals surface area contributed by atoms with Crippen molar-refractivity contribution < 1.29 is 14.1 Å². The number of ether oxygens (including phenoxy) is 1. The molecule has 1 aliphatic rings. The summed E-state index contributed by atoms with van der Waals surface area (Å²) in [6.45, 7) is 6.62. The Hall–Kier alpha value is -1.51. The summed E-state index contributed by atoms with van der Waals surface area (Å²) in [5.41, 5.74) is -0.658. The third kappa shape index (κ3) is 4.55. The predicted octanol–water partition coefficient (Wildman–Crippen LogP) is 4.07. The molecule has 0 saturated carbocycles. The Morgan fingerprint density at radius 3 is 2.50 bits per heavy atom. The summed E-state index contributed by atoms with van der Waals surface area (Å²) >= 11 is 2.15. The van der Waals surface area contributed by atoms with Crippen molar-refractivity contribution in [2.24, 2.45) is 0 Å². The van der Waals surface area contributed by atoms with Crippen molar-refractivity contribution in [1.29, 1.82) is 0 Å². The molecule has 8 heteroatoms. The maximum Gasteiger partial charge on any atom is 0.410 e. The van der Waals surface area contributed by atoms with Crippen molar-refractivity contribution in [3.63, 3.8) is 0 Å². The van der Waals surface area contributed by atoms with E-state index in [0.717, 1.165) is 9.86 Å². The van der Waals surface area contributed by atoms with Crippen molar-refractivity contribution in [3.05, 3.63) is 39.2 Å². The van der Waals surface area contributed by atoms with Gasteiger partial charge in [0.15, 0.2) is 4.90 Å². The van der Waals surface area contributed by atoms with Crippen LogP contribution in [0.25, 0.3) is 10.8 Å². The molecule has 1 atom stereocenters. The topological polar surface area (TPSA) is 74.6 Å². The highest BCUT2D eigenvalue weighted by Crippen LogP contribution is 2.28. The van der Waals surface area contributed by atoms with Gasteiger partial charge < -0.3 is 18.8 Å². The van der Waals surface area contributed by atoms with E-state index in [2.05, 4.69) is 15.9 Å². The number of carbonyl (C=O) groups is 1. The molecule has 152 valence electrons. The molecule has 0 radical (unpaired) electrons. The summed E-state index contributed by atoms with van der Waals surface area (Å²) in [5, 5.41) is 1.27. The van der Waals surface area contributed by atoms with Crippen LogP contribution in [0.2, 0.25) is 0 Å². The summed E-state index contributed by atoms with van der Waals surface area (Å²) in [7, 11) is 0. The highest BCUT2D eigenvalue weighted by Gasteiger charge is 2.28. The number of likely N-dealkylation sites (tertiary alicyclic amines) is 1. The Bertz CT molecular complexity index is 944. The first-order valence-electron chi connectivity index (χ1n) is 9.22. The molecule has 1 aromatic carbocycles. The van der Waals surface area contributed by atoms with E-state index in [1.165, 1.54) is 0 Å². The van der Waals surface area contributed by atoms with Crippen LogP contribution >= 0.6 is 15.9 Å². The molecule has 0 aliphatic carbocycles. The van der Waals surface area contributed by atoms with Gasteiger partial charge in [-0.25, -0.2) is 4.79 Å². The number of halogens is 1. The maximum atomic E-state index is 13.2. The Kier molecular flexibility index (Phi) is 6.12. The van der Waals surface area contributed by atoms with Gasteiger partial charge in [-0.3, -0.25) is 4.79 Å². The summed E-state index contributed by atoms with van der Waals surface area (Å²) in [5.74, 6) is 0. The average molecular weight is 469 g/mol. The molecule has 1 unspecified atom stereocenters. The second-order valence-electron chi connectivity index (χ2n) is 8.05. The van der Waals surface area contributed by atoms with E-state index in [0.29, 0.717) is 36.2 Å². The fraction of sp³-hybridized carbons (Fsp3) is 0.500. The van der Waals surface area contributed by atoms with Gasteiger partial charge in [-0.15, -0.1) is 0 Å². The van der Waals surface area contributed by atoms with Crippen molar-refractivity contribution >= 4 is 44.0 Å². The van der Waals surface area contributed by atoms with Crippen molar-refractivity contribution in [1.82, 2.24) is 9.47 Å². The van der Waals surface area contributed by atoms with Gasteiger partial charge in [0.2, 0.25) is 0 Å². The van der Waals surface area contributed by atoms with Gasteiger partial charge in [0, 0.05) is 35.9 Å². The van der Waals surface area contributed by atoms with Crippen LogP contribution in [0.5, 0.6) is 0 Å². The highest BCUT2D eigenvalue weighted by atomic mass is 79.9. The van der Waals surface area contributed by atoms with E-state index in [-0.39, 0.29) is 17.7 Å². The maximum absolute atomic E-state index is 13.2. The lowest BCUT2D eigenvalue weighted by molar-refractivity contribution is 0.0187. The minimum Gasteiger partial charge on any atom is -0.612 e. The first kappa shape index (κ1) is 21.2. The number of carbonyl (C=O) groups excluding carboxylic acids is 1. The molecule has 1 amide bonds. The number of rotatable bonds is 2. The number of amides is 1. The summed E-state index contributed by atoms with van der Waals surface area (Å²) in [6.07, 6.45) is 4.41. The molecular formula is C20H25BrN2O4S. The van der Waals surface area contributed by atoms with E-state index in [9.17, 15) is 14.1 Å². The zero-order chi connectivity index (χ0) is 20.6. The van der Waals surface area contributed by atoms with Crippen LogP contribution in [0.1, 0.15) is 39.7 Å². The molecule has 3 rings (SSSR count). The molecule has 28 heavy (non-hydrogen) atoms. The third-order valence-corrected chi connectivity index (χ3v) is 6.18. The smallest absolute Gasteiger partial charge is 0.410 e. The van der Waals surface area contributed by atoms with Crippen molar-refractivity contribution in [2.75, 3.05) is 19.3 Å². The quantitative estimate of drug-likeness (QED) is 0.622. The Morgan fingerprint density at radius 1 is 1.29 bits per heavy atom.